The molecule has 1 aromatic rings. The van der Waals surface area contributed by atoms with Crippen molar-refractivity contribution >= 4 is 6.16 Å². The molecule has 1 aromatic carbocycles. The summed E-state index contributed by atoms with van der Waals surface area (Å²) in [7, 11) is 0. The minimum Gasteiger partial charge on any atom is -0.507 e. The second-order valence-electron chi connectivity index (χ2n) is 3.26. The van der Waals surface area contributed by atoms with E-state index in [0.717, 1.165) is 11.1 Å². The van der Waals surface area contributed by atoms with Crippen molar-refractivity contribution in [3.8, 4) is 5.75 Å². The molecule has 14 heavy (non-hydrogen) atoms. The van der Waals surface area contributed by atoms with Crippen LogP contribution < -0.4 is 0 Å². The molecule has 0 amide bonds. The van der Waals surface area contributed by atoms with Gasteiger partial charge >= 0.3 is 6.16 Å². The maximum atomic E-state index is 10.4. The monoisotopic (exact) mass is 194 g/mol. The van der Waals surface area contributed by atoms with Crippen molar-refractivity contribution in [2.75, 3.05) is 0 Å². The van der Waals surface area contributed by atoms with Crippen LogP contribution in [-0.2, 0) is 9.47 Å². The highest BCUT2D eigenvalue weighted by Gasteiger charge is 2.34. The van der Waals surface area contributed by atoms with Crippen LogP contribution in [-0.4, -0.2) is 11.3 Å². The first-order valence-corrected chi connectivity index (χ1v) is 4.26. The minimum absolute atomic E-state index is 0.127. The lowest BCUT2D eigenvalue weighted by molar-refractivity contribution is -0.187. The summed E-state index contributed by atoms with van der Waals surface area (Å²) < 4.78 is 9.36. The predicted molar refractivity (Wildman–Crippen MR) is 47.9 cm³/mol. The number of benzene rings is 1. The van der Waals surface area contributed by atoms with Crippen LogP contribution in [0.3, 0.4) is 0 Å². The quantitative estimate of drug-likeness (QED) is 0.696. The van der Waals surface area contributed by atoms with Gasteiger partial charge in [-0.1, -0.05) is 6.07 Å². The third kappa shape index (κ3) is 1.19. The molecule has 1 aliphatic heterocycles. The van der Waals surface area contributed by atoms with E-state index in [1.54, 1.807) is 13.0 Å². The van der Waals surface area contributed by atoms with Gasteiger partial charge in [-0.2, -0.15) is 0 Å². The Hall–Kier alpha value is -1.71. The molecule has 4 nitrogen and oxygen atoms in total. The van der Waals surface area contributed by atoms with Gasteiger partial charge in [0, 0.05) is 0 Å². The van der Waals surface area contributed by atoms with Gasteiger partial charge in [-0.25, -0.2) is 4.79 Å². The van der Waals surface area contributed by atoms with Gasteiger partial charge < -0.3 is 14.6 Å². The molecule has 0 spiro atoms. The molecule has 0 atom stereocenters. The summed E-state index contributed by atoms with van der Waals surface area (Å²) >= 11 is 0. The summed E-state index contributed by atoms with van der Waals surface area (Å²) in [4.78, 5) is 10.4. The highest BCUT2D eigenvalue weighted by molar-refractivity contribution is 5.65. The van der Waals surface area contributed by atoms with Crippen LogP contribution >= 0.6 is 0 Å². The molecule has 74 valence electrons. The molecule has 4 heteroatoms. The molecule has 0 radical (unpaired) electrons. The number of phenolic OH excluding ortho intramolecular Hbond substituents is 1. The van der Waals surface area contributed by atoms with Crippen molar-refractivity contribution in [2.45, 2.75) is 20.1 Å². The number of aryl methyl sites for hydroxylation is 1. The second-order valence-corrected chi connectivity index (χ2v) is 3.26. The van der Waals surface area contributed by atoms with E-state index in [1.807, 2.05) is 13.0 Å². The molecule has 1 heterocycles. The summed E-state index contributed by atoms with van der Waals surface area (Å²) in [5.41, 5.74) is 2.25. The molecular weight excluding hydrogens is 184 g/mol. The summed E-state index contributed by atoms with van der Waals surface area (Å²) in [6.45, 7) is 3.70. The van der Waals surface area contributed by atoms with Gasteiger partial charge in [0.25, 0.3) is 6.29 Å². The molecule has 1 aliphatic rings. The third-order valence-corrected chi connectivity index (χ3v) is 2.39. The molecule has 0 unspecified atom stereocenters. The van der Waals surface area contributed by atoms with E-state index in [0.29, 0.717) is 5.56 Å². The molecule has 1 fully saturated rings. The van der Waals surface area contributed by atoms with E-state index in [2.05, 4.69) is 9.47 Å². The summed E-state index contributed by atoms with van der Waals surface area (Å²) in [5, 5.41) is 9.73. The first kappa shape index (κ1) is 8.87. The lowest BCUT2D eigenvalue weighted by Crippen LogP contribution is -2.27. The van der Waals surface area contributed by atoms with Crippen molar-refractivity contribution < 1.29 is 19.4 Å². The van der Waals surface area contributed by atoms with Crippen molar-refractivity contribution in [1.29, 1.82) is 0 Å². The van der Waals surface area contributed by atoms with Crippen LogP contribution in [0.1, 0.15) is 23.0 Å². The van der Waals surface area contributed by atoms with E-state index in [9.17, 15) is 9.90 Å². The van der Waals surface area contributed by atoms with Crippen molar-refractivity contribution in [3.63, 3.8) is 0 Å². The Morgan fingerprint density at radius 1 is 1.29 bits per heavy atom. The smallest absolute Gasteiger partial charge is 0.507 e. The number of rotatable bonds is 1. The minimum atomic E-state index is -0.748. The van der Waals surface area contributed by atoms with E-state index in [4.69, 9.17) is 0 Å². The van der Waals surface area contributed by atoms with Crippen LogP contribution in [0.15, 0.2) is 12.1 Å². The Labute approximate surface area is 81.1 Å². The van der Waals surface area contributed by atoms with Crippen LogP contribution in [0.25, 0.3) is 0 Å². The van der Waals surface area contributed by atoms with Crippen molar-refractivity contribution in [1.82, 2.24) is 0 Å². The van der Waals surface area contributed by atoms with Crippen LogP contribution in [0, 0.1) is 13.8 Å². The summed E-state index contributed by atoms with van der Waals surface area (Å²) in [6, 6.07) is 3.54. The molecule has 1 N–H and O–H groups in total. The lowest BCUT2D eigenvalue weighted by atomic mass is 10.0. The van der Waals surface area contributed by atoms with Crippen LogP contribution in [0.2, 0.25) is 0 Å². The zero-order valence-electron chi connectivity index (χ0n) is 7.90. The standard InChI is InChI=1S/C10H10O4/c1-5-3-4-7(8(11)6(5)2)9-13-10(12)14-9/h3-4,9,11H,1-2H3. The number of hydrogen-bond donors (Lipinski definition) is 1. The first-order chi connectivity index (χ1) is 6.59. The number of hydrogen-bond acceptors (Lipinski definition) is 4. The topological polar surface area (TPSA) is 55.8 Å². The zero-order chi connectivity index (χ0) is 10.3. The highest BCUT2D eigenvalue weighted by atomic mass is 16.9. The van der Waals surface area contributed by atoms with E-state index < -0.39 is 12.4 Å². The van der Waals surface area contributed by atoms with Gasteiger partial charge in [0.2, 0.25) is 0 Å². The Balaban J connectivity index is 2.35. The van der Waals surface area contributed by atoms with Crippen LogP contribution in [0.4, 0.5) is 4.79 Å². The maximum absolute atomic E-state index is 10.4. The molecular formula is C10H10O4. The summed E-state index contributed by atoms with van der Waals surface area (Å²) in [5.74, 6) is 0.127. The first-order valence-electron chi connectivity index (χ1n) is 4.26. The summed E-state index contributed by atoms with van der Waals surface area (Å²) in [6.07, 6.45) is -1.45. The zero-order valence-corrected chi connectivity index (χ0v) is 7.90. The molecule has 0 saturated carbocycles. The van der Waals surface area contributed by atoms with Crippen molar-refractivity contribution in [3.05, 3.63) is 28.8 Å². The average molecular weight is 194 g/mol. The van der Waals surface area contributed by atoms with Gasteiger partial charge in [-0.05, 0) is 31.0 Å². The Morgan fingerprint density at radius 2 is 1.93 bits per heavy atom. The molecule has 2 rings (SSSR count). The number of aromatic hydroxyl groups is 1. The maximum Gasteiger partial charge on any atom is 0.515 e. The average Bonchev–Trinajstić information content (AvgIpc) is 2.11. The van der Waals surface area contributed by atoms with Gasteiger partial charge in [0.1, 0.15) is 5.75 Å². The van der Waals surface area contributed by atoms with E-state index >= 15 is 0 Å². The number of carbonyl (C=O) groups excluding carboxylic acids is 1. The fourth-order valence-corrected chi connectivity index (χ4v) is 1.32. The number of carbonyl (C=O) groups is 1. The van der Waals surface area contributed by atoms with E-state index in [1.165, 1.54) is 0 Å². The van der Waals surface area contributed by atoms with Crippen LogP contribution in [0.5, 0.6) is 5.75 Å². The third-order valence-electron chi connectivity index (χ3n) is 2.39. The normalized spacial score (nSPS) is 15.7. The number of cyclic esters (lactones) is 2. The SMILES string of the molecule is Cc1ccc(C2OC(=O)O2)c(O)c1C. The number of ether oxygens (including phenoxy) is 2. The van der Waals surface area contributed by atoms with E-state index in [-0.39, 0.29) is 5.75 Å². The van der Waals surface area contributed by atoms with Gasteiger partial charge in [0.05, 0.1) is 5.56 Å². The Kier molecular flexibility index (Phi) is 1.84. The van der Waals surface area contributed by atoms with Gasteiger partial charge in [0.15, 0.2) is 0 Å². The Morgan fingerprint density at radius 3 is 2.50 bits per heavy atom. The molecule has 0 aliphatic carbocycles. The molecule has 0 bridgehead atoms. The number of phenols is 1. The van der Waals surface area contributed by atoms with Gasteiger partial charge in [-0.15, -0.1) is 0 Å². The largest absolute Gasteiger partial charge is 0.515 e. The highest BCUT2D eigenvalue weighted by Crippen LogP contribution is 2.36. The molecule has 1 saturated heterocycles. The Bertz CT molecular complexity index is 389. The predicted octanol–water partition coefficient (Wildman–Crippen LogP) is 2.17. The van der Waals surface area contributed by atoms with Gasteiger partial charge in [-0.3, -0.25) is 0 Å². The lowest BCUT2D eigenvalue weighted by Gasteiger charge is -2.26. The molecule has 0 aromatic heterocycles. The second kappa shape index (κ2) is 2.90. The van der Waals surface area contributed by atoms with Crippen molar-refractivity contribution in [2.24, 2.45) is 0 Å². The fraction of sp³-hybridized carbons (Fsp3) is 0.300. The fourth-order valence-electron chi connectivity index (χ4n) is 1.32.